The van der Waals surface area contributed by atoms with Crippen molar-refractivity contribution in [1.29, 1.82) is 0 Å². The number of hydrogen-bond donors (Lipinski definition) is 1. The zero-order valence-corrected chi connectivity index (χ0v) is 10.5. The number of rotatable bonds is 5. The van der Waals surface area contributed by atoms with E-state index in [-0.39, 0.29) is 5.91 Å². The summed E-state index contributed by atoms with van der Waals surface area (Å²) >= 11 is 0. The van der Waals surface area contributed by atoms with E-state index in [9.17, 15) is 9.59 Å². The molecule has 0 heterocycles. The van der Waals surface area contributed by atoms with Crippen LogP contribution in [-0.2, 0) is 11.2 Å². The summed E-state index contributed by atoms with van der Waals surface area (Å²) in [5, 5.41) is 2.79. The van der Waals surface area contributed by atoms with Gasteiger partial charge in [0, 0.05) is 17.7 Å². The maximum absolute atomic E-state index is 11.8. The lowest BCUT2D eigenvalue weighted by Gasteiger charge is -2.05. The molecule has 0 atom stereocenters. The van der Waals surface area contributed by atoms with Crippen LogP contribution in [0, 0.1) is 0 Å². The third-order valence-corrected chi connectivity index (χ3v) is 2.79. The number of aldehydes is 1. The molecule has 0 spiro atoms. The van der Waals surface area contributed by atoms with Crippen molar-refractivity contribution in [2.75, 3.05) is 5.32 Å². The molecule has 0 aliphatic carbocycles. The van der Waals surface area contributed by atoms with Gasteiger partial charge in [0.1, 0.15) is 6.29 Å². The number of benzene rings is 2. The highest BCUT2D eigenvalue weighted by atomic mass is 16.1. The first kappa shape index (κ1) is 13.0. The van der Waals surface area contributed by atoms with E-state index in [4.69, 9.17) is 0 Å². The van der Waals surface area contributed by atoms with E-state index in [2.05, 4.69) is 5.32 Å². The zero-order valence-electron chi connectivity index (χ0n) is 10.5. The van der Waals surface area contributed by atoms with Crippen molar-refractivity contribution in [2.24, 2.45) is 0 Å². The molecule has 0 aromatic heterocycles. The molecule has 2 rings (SSSR count). The Hall–Kier alpha value is -2.42. The van der Waals surface area contributed by atoms with Gasteiger partial charge >= 0.3 is 0 Å². The van der Waals surface area contributed by atoms with Crippen LogP contribution in [0.1, 0.15) is 22.3 Å². The molecular formula is C16H15NO2. The van der Waals surface area contributed by atoms with Gasteiger partial charge in [0.2, 0.25) is 5.91 Å². The van der Waals surface area contributed by atoms with Crippen LogP contribution in [0.3, 0.4) is 0 Å². The first-order valence-electron chi connectivity index (χ1n) is 6.17. The van der Waals surface area contributed by atoms with Crippen LogP contribution in [0.4, 0.5) is 5.69 Å². The monoisotopic (exact) mass is 253 g/mol. The number of carbonyl (C=O) groups excluding carboxylic acids is 2. The number of amides is 1. The zero-order chi connectivity index (χ0) is 13.5. The molecule has 0 unspecified atom stereocenters. The van der Waals surface area contributed by atoms with Crippen molar-refractivity contribution < 1.29 is 9.59 Å². The fourth-order valence-electron chi connectivity index (χ4n) is 1.82. The van der Waals surface area contributed by atoms with Gasteiger partial charge in [0.25, 0.3) is 0 Å². The summed E-state index contributed by atoms with van der Waals surface area (Å²) in [5.41, 5.74) is 2.35. The summed E-state index contributed by atoms with van der Waals surface area (Å²) in [5.74, 6) is -0.0492. The van der Waals surface area contributed by atoms with Crippen LogP contribution in [0.5, 0.6) is 0 Å². The average Bonchev–Trinajstić information content (AvgIpc) is 2.46. The van der Waals surface area contributed by atoms with Crippen molar-refractivity contribution >= 4 is 17.9 Å². The average molecular weight is 253 g/mol. The van der Waals surface area contributed by atoms with Crippen LogP contribution in [0.25, 0.3) is 0 Å². The second-order valence-corrected chi connectivity index (χ2v) is 4.28. The van der Waals surface area contributed by atoms with E-state index >= 15 is 0 Å². The maximum Gasteiger partial charge on any atom is 0.224 e. The third-order valence-electron chi connectivity index (χ3n) is 2.79. The summed E-state index contributed by atoms with van der Waals surface area (Å²) in [6.45, 7) is 0. The molecule has 0 fully saturated rings. The Bertz CT molecular complexity index is 564. The number of aryl methyl sites for hydroxylation is 1. The highest BCUT2D eigenvalue weighted by Gasteiger charge is 2.03. The minimum Gasteiger partial charge on any atom is -0.326 e. The van der Waals surface area contributed by atoms with Crippen molar-refractivity contribution in [3.8, 4) is 0 Å². The van der Waals surface area contributed by atoms with Gasteiger partial charge in [-0.2, -0.15) is 0 Å². The van der Waals surface area contributed by atoms with Crippen LogP contribution >= 0.6 is 0 Å². The molecule has 19 heavy (non-hydrogen) atoms. The summed E-state index contributed by atoms with van der Waals surface area (Å²) in [6.07, 6.45) is 1.90. The Labute approximate surface area is 112 Å². The molecule has 1 amide bonds. The molecule has 0 aliphatic heterocycles. The molecule has 2 aromatic carbocycles. The third kappa shape index (κ3) is 4.07. The van der Waals surface area contributed by atoms with Crippen molar-refractivity contribution in [1.82, 2.24) is 0 Å². The van der Waals surface area contributed by atoms with Crippen molar-refractivity contribution in [3.05, 3.63) is 65.7 Å². The van der Waals surface area contributed by atoms with Crippen LogP contribution < -0.4 is 5.32 Å². The molecule has 96 valence electrons. The van der Waals surface area contributed by atoms with E-state index in [0.717, 1.165) is 11.8 Å². The molecule has 3 nitrogen and oxygen atoms in total. The summed E-state index contributed by atoms with van der Waals surface area (Å²) in [4.78, 5) is 22.4. The Morgan fingerprint density at radius 2 is 1.84 bits per heavy atom. The lowest BCUT2D eigenvalue weighted by Crippen LogP contribution is -2.12. The number of nitrogens with one attached hydrogen (secondary N) is 1. The minimum absolute atomic E-state index is 0.0492. The standard InChI is InChI=1S/C16H15NO2/c18-12-14-7-4-8-15(11-14)17-16(19)10-9-13-5-2-1-3-6-13/h1-8,11-12H,9-10H2,(H,17,19). The molecule has 0 radical (unpaired) electrons. The minimum atomic E-state index is -0.0492. The summed E-state index contributed by atoms with van der Waals surface area (Å²) < 4.78 is 0. The molecule has 3 heteroatoms. The largest absolute Gasteiger partial charge is 0.326 e. The second-order valence-electron chi connectivity index (χ2n) is 4.28. The summed E-state index contributed by atoms with van der Waals surface area (Å²) in [6, 6.07) is 16.8. The quantitative estimate of drug-likeness (QED) is 0.832. The Kier molecular flexibility index (Phi) is 4.45. The van der Waals surface area contributed by atoms with Gasteiger partial charge < -0.3 is 5.32 Å². The Balaban J connectivity index is 1.89. The van der Waals surface area contributed by atoms with Crippen molar-refractivity contribution in [2.45, 2.75) is 12.8 Å². The fraction of sp³-hybridized carbons (Fsp3) is 0.125. The van der Waals surface area contributed by atoms with E-state index in [1.54, 1.807) is 24.3 Å². The van der Waals surface area contributed by atoms with E-state index in [1.807, 2.05) is 30.3 Å². The van der Waals surface area contributed by atoms with Crippen LogP contribution in [0.2, 0.25) is 0 Å². The molecule has 1 N–H and O–H groups in total. The van der Waals surface area contributed by atoms with Gasteiger partial charge in [-0.05, 0) is 24.1 Å². The number of carbonyl (C=O) groups is 2. The first-order chi connectivity index (χ1) is 9.28. The highest BCUT2D eigenvalue weighted by molar-refractivity contribution is 5.91. The normalized spacial score (nSPS) is 9.89. The lowest BCUT2D eigenvalue weighted by molar-refractivity contribution is -0.116. The van der Waals surface area contributed by atoms with Gasteiger partial charge in [0.05, 0.1) is 0 Å². The SMILES string of the molecule is O=Cc1cccc(NC(=O)CCc2ccccc2)c1. The van der Waals surface area contributed by atoms with Crippen LogP contribution in [0.15, 0.2) is 54.6 Å². The predicted octanol–water partition coefficient (Wildman–Crippen LogP) is 3.07. The van der Waals surface area contributed by atoms with Crippen molar-refractivity contribution in [3.63, 3.8) is 0 Å². The Morgan fingerprint density at radius 1 is 1.05 bits per heavy atom. The van der Waals surface area contributed by atoms with Gasteiger partial charge in [-0.15, -0.1) is 0 Å². The maximum atomic E-state index is 11.8. The lowest BCUT2D eigenvalue weighted by atomic mass is 10.1. The first-order valence-corrected chi connectivity index (χ1v) is 6.17. The van der Waals surface area contributed by atoms with E-state index in [0.29, 0.717) is 24.1 Å². The van der Waals surface area contributed by atoms with E-state index < -0.39 is 0 Å². The molecule has 0 saturated carbocycles. The topological polar surface area (TPSA) is 46.2 Å². The smallest absolute Gasteiger partial charge is 0.224 e. The summed E-state index contributed by atoms with van der Waals surface area (Å²) in [7, 11) is 0. The number of anilines is 1. The van der Waals surface area contributed by atoms with Gasteiger partial charge in [-0.1, -0.05) is 42.5 Å². The van der Waals surface area contributed by atoms with Crippen LogP contribution in [-0.4, -0.2) is 12.2 Å². The van der Waals surface area contributed by atoms with Gasteiger partial charge in [0.15, 0.2) is 0 Å². The molecule has 0 aliphatic rings. The molecule has 0 bridgehead atoms. The Morgan fingerprint density at radius 3 is 2.58 bits per heavy atom. The predicted molar refractivity (Wildman–Crippen MR) is 75.2 cm³/mol. The van der Waals surface area contributed by atoms with Gasteiger partial charge in [-0.25, -0.2) is 0 Å². The van der Waals surface area contributed by atoms with Gasteiger partial charge in [-0.3, -0.25) is 9.59 Å². The second kappa shape index (κ2) is 6.50. The molecule has 0 saturated heterocycles. The molecular weight excluding hydrogens is 238 g/mol. The van der Waals surface area contributed by atoms with E-state index in [1.165, 1.54) is 0 Å². The fourth-order valence-corrected chi connectivity index (χ4v) is 1.82. The molecule has 2 aromatic rings. The number of hydrogen-bond acceptors (Lipinski definition) is 2. The highest BCUT2D eigenvalue weighted by Crippen LogP contribution is 2.10.